The molecule has 1 amide bonds. The lowest BCUT2D eigenvalue weighted by Crippen LogP contribution is -2.96. The Morgan fingerprint density at radius 2 is 1.83 bits per heavy atom. The van der Waals surface area contributed by atoms with Crippen molar-refractivity contribution in [3.63, 3.8) is 0 Å². The average molecular weight is 395 g/mol. The average Bonchev–Trinajstić information content (AvgIpc) is 2.75. The van der Waals surface area contributed by atoms with Crippen LogP contribution in [0, 0.1) is 10.8 Å². The van der Waals surface area contributed by atoms with Crippen LogP contribution in [0.4, 0.5) is 5.69 Å². The number of rotatable bonds is 1. The maximum Gasteiger partial charge on any atom is 0.276 e. The molecule has 0 aliphatic carbocycles. The van der Waals surface area contributed by atoms with E-state index >= 15 is 0 Å². The van der Waals surface area contributed by atoms with Gasteiger partial charge in [0.1, 0.15) is 0 Å². The van der Waals surface area contributed by atoms with Crippen LogP contribution in [0.25, 0.3) is 0 Å². The molecule has 3 aliphatic heterocycles. The number of carbonyl (C=O) groups is 2. The maximum atomic E-state index is 12.9. The summed E-state index contributed by atoms with van der Waals surface area (Å²) in [5.41, 5.74) is -1.69. The molecular formula is C17H21BrN3O3+. The number of quaternary nitrogens is 1. The molecule has 0 spiro atoms. The summed E-state index contributed by atoms with van der Waals surface area (Å²) >= 11 is 3.41. The van der Waals surface area contributed by atoms with Gasteiger partial charge in [-0.05, 0) is 32.0 Å². The number of hydrogen-bond donors (Lipinski definition) is 3. The molecule has 4 N–H and O–H groups in total. The smallest absolute Gasteiger partial charge is 0.276 e. The van der Waals surface area contributed by atoms with Gasteiger partial charge in [0.2, 0.25) is 5.72 Å². The molecule has 3 atom stereocenters. The zero-order chi connectivity index (χ0) is 17.3. The molecule has 3 unspecified atom stereocenters. The molecule has 6 nitrogen and oxygen atoms in total. The molecule has 24 heavy (non-hydrogen) atoms. The van der Waals surface area contributed by atoms with Crippen molar-refractivity contribution >= 4 is 33.3 Å². The molecular weight excluding hydrogens is 374 g/mol. The SMILES string of the molecule is CC12C[NH2+]CC(C)(CN(C3(O)C(=O)Nc4ccc(Br)cc43)C1)C2=O. The number of benzene rings is 1. The summed E-state index contributed by atoms with van der Waals surface area (Å²) in [7, 11) is 0. The van der Waals surface area contributed by atoms with E-state index < -0.39 is 22.5 Å². The molecule has 0 saturated carbocycles. The van der Waals surface area contributed by atoms with Gasteiger partial charge < -0.3 is 15.7 Å². The van der Waals surface area contributed by atoms with E-state index in [1.54, 1.807) is 17.0 Å². The van der Waals surface area contributed by atoms with Gasteiger partial charge in [-0.2, -0.15) is 0 Å². The largest absolute Gasteiger partial charge is 0.364 e. The fraction of sp³-hybridized carbons (Fsp3) is 0.529. The van der Waals surface area contributed by atoms with Gasteiger partial charge in [0.05, 0.1) is 23.9 Å². The molecule has 3 heterocycles. The Bertz CT molecular complexity index is 747. The van der Waals surface area contributed by atoms with Crippen molar-refractivity contribution in [3.8, 4) is 0 Å². The third kappa shape index (κ3) is 1.98. The highest BCUT2D eigenvalue weighted by Gasteiger charge is 2.62. The minimum atomic E-state index is -1.74. The van der Waals surface area contributed by atoms with Crippen LogP contribution in [-0.2, 0) is 15.3 Å². The standard InChI is InChI=1S/C17H20BrN3O3/c1-15-6-19-7-16(2,13(15)22)9-21(8-15)17(24)11-5-10(18)3-4-12(11)20-14(17)23/h3-5,19,24H,6-9H2,1-2H3,(H,20,23)/p+1. The number of nitrogens with one attached hydrogen (secondary N) is 1. The van der Waals surface area contributed by atoms with Gasteiger partial charge in [-0.15, -0.1) is 0 Å². The topological polar surface area (TPSA) is 86.2 Å². The number of anilines is 1. The van der Waals surface area contributed by atoms with E-state index in [2.05, 4.69) is 26.6 Å². The lowest BCUT2D eigenvalue weighted by atomic mass is 9.64. The molecule has 1 aromatic carbocycles. The highest BCUT2D eigenvalue weighted by Crippen LogP contribution is 2.46. The molecule has 2 bridgehead atoms. The van der Waals surface area contributed by atoms with Crippen molar-refractivity contribution in [2.75, 3.05) is 31.5 Å². The summed E-state index contributed by atoms with van der Waals surface area (Å²) in [5, 5.41) is 16.3. The van der Waals surface area contributed by atoms with Gasteiger partial charge in [0.25, 0.3) is 5.91 Å². The van der Waals surface area contributed by atoms with Crippen LogP contribution in [0.15, 0.2) is 22.7 Å². The zero-order valence-corrected chi connectivity index (χ0v) is 15.3. The van der Waals surface area contributed by atoms with E-state index in [9.17, 15) is 14.7 Å². The molecule has 2 saturated heterocycles. The minimum Gasteiger partial charge on any atom is -0.364 e. The molecule has 3 aliphatic rings. The number of halogens is 1. The zero-order valence-electron chi connectivity index (χ0n) is 13.7. The van der Waals surface area contributed by atoms with Crippen LogP contribution in [0.2, 0.25) is 0 Å². The Morgan fingerprint density at radius 3 is 2.46 bits per heavy atom. The highest BCUT2D eigenvalue weighted by atomic mass is 79.9. The second-order valence-electron chi connectivity index (χ2n) is 7.82. The first-order valence-corrected chi connectivity index (χ1v) is 8.94. The Kier molecular flexibility index (Phi) is 3.29. The van der Waals surface area contributed by atoms with Gasteiger partial charge in [-0.3, -0.25) is 14.5 Å². The molecule has 128 valence electrons. The van der Waals surface area contributed by atoms with Gasteiger partial charge in [0, 0.05) is 28.8 Å². The summed E-state index contributed by atoms with van der Waals surface area (Å²) < 4.78 is 0.801. The first-order chi connectivity index (χ1) is 11.2. The molecule has 4 rings (SSSR count). The van der Waals surface area contributed by atoms with E-state index in [0.717, 1.165) is 4.47 Å². The van der Waals surface area contributed by atoms with Crippen LogP contribution in [0.5, 0.6) is 0 Å². The third-order valence-electron chi connectivity index (χ3n) is 5.75. The van der Waals surface area contributed by atoms with E-state index in [1.165, 1.54) is 0 Å². The molecule has 7 heteroatoms. The summed E-state index contributed by atoms with van der Waals surface area (Å²) in [6, 6.07) is 5.38. The summed E-state index contributed by atoms with van der Waals surface area (Å²) in [5.74, 6) is -0.204. The number of amides is 1. The van der Waals surface area contributed by atoms with Crippen LogP contribution >= 0.6 is 15.9 Å². The van der Waals surface area contributed by atoms with E-state index in [0.29, 0.717) is 37.4 Å². The number of likely N-dealkylation sites (tertiary alicyclic amines) is 1. The number of ketones is 1. The fourth-order valence-electron chi connectivity index (χ4n) is 4.58. The van der Waals surface area contributed by atoms with Crippen LogP contribution in [-0.4, -0.2) is 47.9 Å². The fourth-order valence-corrected chi connectivity index (χ4v) is 4.94. The number of aliphatic hydroxyl groups is 1. The van der Waals surface area contributed by atoms with Crippen LogP contribution < -0.4 is 10.6 Å². The minimum absolute atomic E-state index is 0.241. The first kappa shape index (κ1) is 16.2. The summed E-state index contributed by atoms with van der Waals surface area (Å²) in [6.07, 6.45) is 0. The molecule has 0 radical (unpaired) electrons. The number of hydrogen-bond acceptors (Lipinski definition) is 4. The number of Topliss-reactive ketones (excluding diaryl/α,β-unsaturated/α-hetero) is 1. The lowest BCUT2D eigenvalue weighted by Gasteiger charge is -2.52. The number of nitrogens with zero attached hydrogens (tertiary/aromatic N) is 1. The van der Waals surface area contributed by atoms with Gasteiger partial charge in [0.15, 0.2) is 5.78 Å². The van der Waals surface area contributed by atoms with Gasteiger partial charge in [-0.1, -0.05) is 15.9 Å². The van der Waals surface area contributed by atoms with E-state index in [1.807, 2.05) is 19.9 Å². The van der Waals surface area contributed by atoms with Crippen molar-refractivity contribution < 1.29 is 20.0 Å². The molecule has 0 aromatic heterocycles. The van der Waals surface area contributed by atoms with Crippen LogP contribution in [0.1, 0.15) is 19.4 Å². The Hall–Kier alpha value is -1.28. The predicted molar refractivity (Wildman–Crippen MR) is 91.1 cm³/mol. The van der Waals surface area contributed by atoms with Gasteiger partial charge in [-0.25, -0.2) is 0 Å². The number of nitrogens with two attached hydrogens (primary N) is 1. The Balaban J connectivity index is 1.81. The number of fused-ring (bicyclic) bond motifs is 3. The first-order valence-electron chi connectivity index (χ1n) is 8.15. The number of piperidine rings is 2. The quantitative estimate of drug-likeness (QED) is 0.626. The summed E-state index contributed by atoms with van der Waals surface area (Å²) in [6.45, 7) is 5.98. The second-order valence-corrected chi connectivity index (χ2v) is 8.74. The van der Waals surface area contributed by atoms with E-state index in [4.69, 9.17) is 0 Å². The Labute approximate surface area is 148 Å². The third-order valence-corrected chi connectivity index (χ3v) is 6.24. The van der Waals surface area contributed by atoms with Gasteiger partial charge >= 0.3 is 0 Å². The summed E-state index contributed by atoms with van der Waals surface area (Å²) in [4.78, 5) is 27.3. The van der Waals surface area contributed by atoms with Crippen LogP contribution in [0.3, 0.4) is 0 Å². The Morgan fingerprint density at radius 1 is 1.21 bits per heavy atom. The maximum absolute atomic E-state index is 12.9. The van der Waals surface area contributed by atoms with Crippen molar-refractivity contribution in [1.29, 1.82) is 0 Å². The van der Waals surface area contributed by atoms with Crippen molar-refractivity contribution in [3.05, 3.63) is 28.2 Å². The molecule has 2 fully saturated rings. The lowest BCUT2D eigenvalue weighted by molar-refractivity contribution is -0.681. The predicted octanol–water partition coefficient (Wildman–Crippen LogP) is 0.0206. The second kappa shape index (κ2) is 4.88. The van der Waals surface area contributed by atoms with Crippen molar-refractivity contribution in [1.82, 2.24) is 4.90 Å². The van der Waals surface area contributed by atoms with Crippen molar-refractivity contribution in [2.45, 2.75) is 19.6 Å². The number of carbonyl (C=O) groups excluding carboxylic acids is 2. The highest BCUT2D eigenvalue weighted by molar-refractivity contribution is 9.10. The van der Waals surface area contributed by atoms with Crippen molar-refractivity contribution in [2.24, 2.45) is 10.8 Å². The van der Waals surface area contributed by atoms with E-state index in [-0.39, 0.29) is 5.78 Å². The normalized spacial score (nSPS) is 38.8. The molecule has 1 aromatic rings. The monoisotopic (exact) mass is 394 g/mol.